The Labute approximate surface area is 181 Å². The molecule has 0 radical (unpaired) electrons. The molecule has 0 aromatic carbocycles. The monoisotopic (exact) mass is 446 g/mol. The summed E-state index contributed by atoms with van der Waals surface area (Å²) in [4.78, 5) is 33.8. The smallest absolute Gasteiger partial charge is 0.430 e. The first-order chi connectivity index (χ1) is 14.3. The predicted octanol–water partition coefficient (Wildman–Crippen LogP) is 3.52. The van der Waals surface area contributed by atoms with Crippen LogP contribution >= 0.6 is 0 Å². The largest absolute Gasteiger partial charge is 0.444 e. The summed E-state index contributed by atoms with van der Waals surface area (Å²) >= 11 is 0. The maximum Gasteiger partial charge on any atom is 0.430 e. The van der Waals surface area contributed by atoms with Gasteiger partial charge in [-0.25, -0.2) is 4.79 Å². The molecule has 2 saturated heterocycles. The van der Waals surface area contributed by atoms with Gasteiger partial charge in [-0.2, -0.15) is 13.2 Å². The van der Waals surface area contributed by atoms with Crippen LogP contribution in [-0.2, 0) is 9.53 Å². The number of hydrogen-bond acceptors (Lipinski definition) is 4. The van der Waals surface area contributed by atoms with Crippen molar-refractivity contribution in [2.75, 3.05) is 39.8 Å². The van der Waals surface area contributed by atoms with E-state index in [1.807, 2.05) is 6.92 Å². The van der Waals surface area contributed by atoms with E-state index in [0.29, 0.717) is 25.9 Å². The first-order valence-electron chi connectivity index (χ1n) is 10.5. The first kappa shape index (κ1) is 25.0. The molecule has 2 atom stereocenters. The minimum absolute atomic E-state index is 0.00709. The summed E-state index contributed by atoms with van der Waals surface area (Å²) in [6, 6.07) is 0. The summed E-state index contributed by atoms with van der Waals surface area (Å²) in [5.74, 6) is -0.270. The number of carbonyl (C=O) groups is 2. The fraction of sp³-hybridized carbons (Fsp3) is 0.762. The minimum atomic E-state index is -4.55. The van der Waals surface area contributed by atoms with Gasteiger partial charge in [0.25, 0.3) is 0 Å². The van der Waals surface area contributed by atoms with Crippen molar-refractivity contribution in [3.63, 3.8) is 0 Å². The Morgan fingerprint density at radius 3 is 2.32 bits per heavy atom. The highest BCUT2D eigenvalue weighted by atomic mass is 19.4. The molecule has 2 aliphatic rings. The number of halogens is 3. The number of amidine groups is 1. The summed E-state index contributed by atoms with van der Waals surface area (Å²) in [6.45, 7) is 11.5. The third kappa shape index (κ3) is 6.13. The number of piperidine rings is 1. The number of nitrogens with zero attached hydrogens (tertiary/aromatic N) is 4. The molecule has 176 valence electrons. The molecular weight excluding hydrogens is 413 g/mol. The van der Waals surface area contributed by atoms with Crippen LogP contribution in [-0.4, -0.2) is 84.1 Å². The molecule has 0 aromatic heterocycles. The molecule has 0 aliphatic carbocycles. The number of ether oxygens (including phenoxy) is 1. The quantitative estimate of drug-likeness (QED) is 0.666. The van der Waals surface area contributed by atoms with E-state index in [-0.39, 0.29) is 43.2 Å². The van der Waals surface area contributed by atoms with Crippen molar-refractivity contribution < 1.29 is 27.5 Å². The van der Waals surface area contributed by atoms with Crippen LogP contribution in [0.1, 0.15) is 40.5 Å². The third-order valence-electron chi connectivity index (χ3n) is 5.69. The average Bonchev–Trinajstić information content (AvgIpc) is 2.69. The van der Waals surface area contributed by atoms with Gasteiger partial charge in [-0.3, -0.25) is 9.79 Å². The average molecular weight is 447 g/mol. The number of alkyl halides is 3. The lowest BCUT2D eigenvalue weighted by Gasteiger charge is -2.43. The summed E-state index contributed by atoms with van der Waals surface area (Å²) in [5, 5.41) is 0. The number of piperazine rings is 1. The Morgan fingerprint density at radius 2 is 1.81 bits per heavy atom. The molecular formula is C21H33F3N4O3. The molecule has 0 unspecified atom stereocenters. The predicted molar refractivity (Wildman–Crippen MR) is 112 cm³/mol. The van der Waals surface area contributed by atoms with Crippen LogP contribution in [0.3, 0.4) is 0 Å². The van der Waals surface area contributed by atoms with Gasteiger partial charge in [-0.1, -0.05) is 19.9 Å². The Morgan fingerprint density at radius 1 is 1.16 bits per heavy atom. The molecule has 10 heteroatoms. The van der Waals surface area contributed by atoms with Crippen molar-refractivity contribution in [2.24, 2.45) is 16.8 Å². The van der Waals surface area contributed by atoms with Crippen LogP contribution in [0.5, 0.6) is 0 Å². The molecule has 31 heavy (non-hydrogen) atoms. The zero-order chi connectivity index (χ0) is 23.6. The Bertz CT molecular complexity index is 730. The Hall–Kier alpha value is -2.26. The molecule has 2 heterocycles. The van der Waals surface area contributed by atoms with Gasteiger partial charge in [-0.15, -0.1) is 0 Å². The summed E-state index contributed by atoms with van der Waals surface area (Å²) in [6.07, 6.45) is -3.75. The summed E-state index contributed by atoms with van der Waals surface area (Å²) in [7, 11) is 1.41. The van der Waals surface area contributed by atoms with Gasteiger partial charge >= 0.3 is 12.3 Å². The minimum Gasteiger partial charge on any atom is -0.444 e. The molecule has 0 spiro atoms. The van der Waals surface area contributed by atoms with Gasteiger partial charge in [-0.05, 0) is 33.1 Å². The van der Waals surface area contributed by atoms with Crippen LogP contribution in [0.15, 0.2) is 17.3 Å². The highest BCUT2D eigenvalue weighted by molar-refractivity contribution is 5.91. The van der Waals surface area contributed by atoms with Gasteiger partial charge in [0.1, 0.15) is 17.1 Å². The van der Waals surface area contributed by atoms with E-state index in [1.165, 1.54) is 7.05 Å². The van der Waals surface area contributed by atoms with Gasteiger partial charge in [0.15, 0.2) is 0 Å². The SMILES string of the molecule is C=C(N1CCN(C(=O)[C@H]2CCN(C(=O)OC(C)(C)C)C[C@H]2CC)C/C1=N/C)C(F)(F)F. The Balaban J connectivity index is 2.05. The molecule has 0 saturated carbocycles. The van der Waals surface area contributed by atoms with Crippen molar-refractivity contribution in [2.45, 2.75) is 52.3 Å². The number of rotatable bonds is 3. The van der Waals surface area contributed by atoms with Crippen molar-refractivity contribution in [3.8, 4) is 0 Å². The summed E-state index contributed by atoms with van der Waals surface area (Å²) < 4.78 is 44.7. The fourth-order valence-electron chi connectivity index (χ4n) is 4.01. The Kier molecular flexibility index (Phi) is 7.65. The number of likely N-dealkylation sites (tertiary alicyclic amines) is 1. The molecule has 2 fully saturated rings. The molecule has 2 aliphatic heterocycles. The topological polar surface area (TPSA) is 65.5 Å². The standard InChI is InChI=1S/C21H33F3N4O3/c1-7-15-12-27(19(30)31-20(3,4)5)9-8-16(15)18(29)26-10-11-28(17(13-26)25-6)14(2)21(22,23)24/h15-16H,2,7-13H2,1,3-6H3/b25-17-/t15-,16+/m1/s1. The van der Waals surface area contributed by atoms with Crippen LogP contribution < -0.4 is 0 Å². The molecule has 2 rings (SSSR count). The lowest BCUT2D eigenvalue weighted by Crippen LogP contribution is -2.56. The lowest BCUT2D eigenvalue weighted by atomic mass is 9.82. The summed E-state index contributed by atoms with van der Waals surface area (Å²) in [5.41, 5.74) is -1.57. The maximum absolute atomic E-state index is 13.2. The van der Waals surface area contributed by atoms with E-state index in [0.717, 1.165) is 4.90 Å². The van der Waals surface area contributed by atoms with E-state index in [4.69, 9.17) is 4.74 Å². The van der Waals surface area contributed by atoms with Crippen molar-refractivity contribution >= 4 is 17.8 Å². The van der Waals surface area contributed by atoms with Crippen molar-refractivity contribution in [3.05, 3.63) is 12.3 Å². The second kappa shape index (κ2) is 9.48. The number of aliphatic imine (C=N–C) groups is 1. The van der Waals surface area contributed by atoms with E-state index in [1.54, 1.807) is 30.6 Å². The van der Waals surface area contributed by atoms with Gasteiger partial charge in [0.2, 0.25) is 5.91 Å². The highest BCUT2D eigenvalue weighted by Crippen LogP contribution is 2.31. The first-order valence-corrected chi connectivity index (χ1v) is 10.5. The second-order valence-corrected chi connectivity index (χ2v) is 8.99. The molecule has 7 nitrogen and oxygen atoms in total. The van der Waals surface area contributed by atoms with Crippen LogP contribution in [0.25, 0.3) is 0 Å². The number of hydrogen-bond donors (Lipinski definition) is 0. The van der Waals surface area contributed by atoms with Gasteiger partial charge in [0.05, 0.1) is 6.54 Å². The highest BCUT2D eigenvalue weighted by Gasteiger charge is 2.42. The number of amides is 2. The second-order valence-electron chi connectivity index (χ2n) is 8.99. The van der Waals surface area contributed by atoms with Crippen molar-refractivity contribution in [1.29, 1.82) is 0 Å². The molecule has 0 aromatic rings. The lowest BCUT2D eigenvalue weighted by molar-refractivity contribution is -0.139. The molecule has 0 bridgehead atoms. The number of allylic oxidation sites excluding steroid dienone is 1. The van der Waals surface area contributed by atoms with E-state index in [9.17, 15) is 22.8 Å². The van der Waals surface area contributed by atoms with E-state index < -0.39 is 23.6 Å². The normalized spacial score (nSPS) is 24.4. The fourth-order valence-corrected chi connectivity index (χ4v) is 4.01. The third-order valence-corrected chi connectivity index (χ3v) is 5.69. The van der Waals surface area contributed by atoms with Crippen LogP contribution in [0.4, 0.5) is 18.0 Å². The molecule has 2 amide bonds. The van der Waals surface area contributed by atoms with E-state index >= 15 is 0 Å². The van der Waals surface area contributed by atoms with Crippen LogP contribution in [0, 0.1) is 11.8 Å². The van der Waals surface area contributed by atoms with Gasteiger partial charge in [0, 0.05) is 39.1 Å². The maximum atomic E-state index is 13.2. The van der Waals surface area contributed by atoms with E-state index in [2.05, 4.69) is 11.6 Å². The number of carbonyl (C=O) groups excluding carboxylic acids is 2. The zero-order valence-corrected chi connectivity index (χ0v) is 19.0. The van der Waals surface area contributed by atoms with Gasteiger partial charge < -0.3 is 19.4 Å². The van der Waals surface area contributed by atoms with Crippen LogP contribution in [0.2, 0.25) is 0 Å². The zero-order valence-electron chi connectivity index (χ0n) is 19.0. The molecule has 0 N–H and O–H groups in total. The van der Waals surface area contributed by atoms with Crippen molar-refractivity contribution in [1.82, 2.24) is 14.7 Å².